The van der Waals surface area contributed by atoms with Gasteiger partial charge in [-0.25, -0.2) is 0 Å². The summed E-state index contributed by atoms with van der Waals surface area (Å²) >= 11 is 0. The van der Waals surface area contributed by atoms with Crippen molar-refractivity contribution >= 4 is 0 Å². The molecule has 0 bridgehead atoms. The molecule has 0 aromatic rings. The Hall–Kier alpha value is -0.0800. The van der Waals surface area contributed by atoms with Crippen molar-refractivity contribution in [2.24, 2.45) is 5.92 Å². The molecule has 0 aliphatic heterocycles. The summed E-state index contributed by atoms with van der Waals surface area (Å²) in [5.41, 5.74) is 0. The van der Waals surface area contributed by atoms with Crippen LogP contribution in [0.15, 0.2) is 0 Å². The smallest absolute Gasteiger partial charge is 0.0246 e. The van der Waals surface area contributed by atoms with Crippen LogP contribution < -0.4 is 5.32 Å². The monoisotopic (exact) mass is 224 g/mol. The fourth-order valence-electron chi connectivity index (χ4n) is 2.59. The molecule has 16 heavy (non-hydrogen) atoms. The van der Waals surface area contributed by atoms with E-state index in [1.165, 1.54) is 45.2 Å². The molecule has 2 fully saturated rings. The molecule has 0 radical (unpaired) electrons. The van der Waals surface area contributed by atoms with Crippen LogP contribution >= 0.6 is 0 Å². The number of hydrogen-bond acceptors (Lipinski definition) is 2. The lowest BCUT2D eigenvalue weighted by molar-refractivity contribution is 0.142. The number of rotatable bonds is 8. The molecule has 2 nitrogen and oxygen atoms in total. The maximum Gasteiger partial charge on any atom is 0.0246 e. The lowest BCUT2D eigenvalue weighted by Crippen LogP contribution is -2.47. The van der Waals surface area contributed by atoms with Crippen molar-refractivity contribution < 1.29 is 0 Å². The van der Waals surface area contributed by atoms with Gasteiger partial charge in [0.25, 0.3) is 0 Å². The molecule has 2 saturated carbocycles. The summed E-state index contributed by atoms with van der Waals surface area (Å²) in [6, 6.07) is 2.52. The van der Waals surface area contributed by atoms with Gasteiger partial charge in [0.15, 0.2) is 0 Å². The molecule has 1 unspecified atom stereocenters. The van der Waals surface area contributed by atoms with E-state index in [2.05, 4.69) is 31.0 Å². The zero-order chi connectivity index (χ0) is 11.5. The minimum Gasteiger partial charge on any atom is -0.312 e. The molecule has 0 aromatic carbocycles. The average molecular weight is 224 g/mol. The molecule has 2 heteroatoms. The van der Waals surface area contributed by atoms with Crippen molar-refractivity contribution in [3.8, 4) is 0 Å². The first-order chi connectivity index (χ1) is 7.72. The molecule has 2 aliphatic rings. The van der Waals surface area contributed by atoms with E-state index >= 15 is 0 Å². The van der Waals surface area contributed by atoms with E-state index < -0.39 is 0 Å². The minimum absolute atomic E-state index is 0.757. The molecule has 2 rings (SSSR count). The number of hydrogen-bond donors (Lipinski definition) is 1. The standard InChI is InChI=1S/C14H28N2/c1-4-9-16(13-7-8-13)14(11(2)3)10-15-12-5-6-12/h11-15H,4-10H2,1-3H3. The van der Waals surface area contributed by atoms with Gasteiger partial charge < -0.3 is 5.32 Å². The van der Waals surface area contributed by atoms with Crippen LogP contribution in [-0.4, -0.2) is 36.1 Å². The fourth-order valence-corrected chi connectivity index (χ4v) is 2.59. The molecule has 2 aliphatic carbocycles. The average Bonchev–Trinajstić information content (AvgIpc) is 3.10. The summed E-state index contributed by atoms with van der Waals surface area (Å²) in [4.78, 5) is 2.78. The molecule has 0 heterocycles. The van der Waals surface area contributed by atoms with Crippen molar-refractivity contribution in [2.75, 3.05) is 13.1 Å². The molecule has 94 valence electrons. The Morgan fingerprint density at radius 3 is 2.31 bits per heavy atom. The Labute approximate surface area is 101 Å². The van der Waals surface area contributed by atoms with E-state index in [9.17, 15) is 0 Å². The SMILES string of the molecule is CCCN(C1CC1)C(CNC1CC1)C(C)C. The normalized spacial score (nSPS) is 23.1. The molecule has 0 aromatic heterocycles. The topological polar surface area (TPSA) is 15.3 Å². The van der Waals surface area contributed by atoms with E-state index in [4.69, 9.17) is 0 Å². The second-order valence-corrected chi connectivity index (χ2v) is 5.96. The summed E-state index contributed by atoms with van der Waals surface area (Å²) in [6.45, 7) is 9.56. The molecule has 0 amide bonds. The second-order valence-electron chi connectivity index (χ2n) is 5.96. The highest BCUT2D eigenvalue weighted by Crippen LogP contribution is 2.31. The third kappa shape index (κ3) is 3.46. The van der Waals surface area contributed by atoms with Gasteiger partial charge in [-0.05, 0) is 44.6 Å². The van der Waals surface area contributed by atoms with Crippen LogP contribution in [-0.2, 0) is 0 Å². The lowest BCUT2D eigenvalue weighted by Gasteiger charge is -2.34. The molecule has 0 saturated heterocycles. The highest BCUT2D eigenvalue weighted by atomic mass is 15.2. The van der Waals surface area contributed by atoms with E-state index in [0.717, 1.165) is 24.0 Å². The molecule has 0 spiro atoms. The summed E-state index contributed by atoms with van der Waals surface area (Å²) in [5.74, 6) is 0.776. The van der Waals surface area contributed by atoms with E-state index in [0.29, 0.717) is 0 Å². The predicted octanol–water partition coefficient (Wildman–Crippen LogP) is 2.64. The van der Waals surface area contributed by atoms with Crippen LogP contribution in [0.1, 0.15) is 52.9 Å². The van der Waals surface area contributed by atoms with Gasteiger partial charge in [0.1, 0.15) is 0 Å². The van der Waals surface area contributed by atoms with E-state index in [-0.39, 0.29) is 0 Å². The molecular formula is C14H28N2. The largest absolute Gasteiger partial charge is 0.312 e. The molecule has 1 N–H and O–H groups in total. The van der Waals surface area contributed by atoms with Gasteiger partial charge >= 0.3 is 0 Å². The van der Waals surface area contributed by atoms with Crippen LogP contribution in [0, 0.1) is 5.92 Å². The van der Waals surface area contributed by atoms with Crippen molar-refractivity contribution in [3.63, 3.8) is 0 Å². The van der Waals surface area contributed by atoms with E-state index in [1.807, 2.05) is 0 Å². The third-order valence-electron chi connectivity index (χ3n) is 3.89. The zero-order valence-corrected chi connectivity index (χ0v) is 11.2. The quantitative estimate of drug-likeness (QED) is 0.682. The first-order valence-electron chi connectivity index (χ1n) is 7.21. The highest BCUT2D eigenvalue weighted by Gasteiger charge is 2.35. The van der Waals surface area contributed by atoms with Crippen LogP contribution in [0.2, 0.25) is 0 Å². The molecule has 1 atom stereocenters. The van der Waals surface area contributed by atoms with Gasteiger partial charge in [0.05, 0.1) is 0 Å². The van der Waals surface area contributed by atoms with Crippen LogP contribution in [0.3, 0.4) is 0 Å². The Balaban J connectivity index is 1.85. The zero-order valence-electron chi connectivity index (χ0n) is 11.2. The maximum atomic E-state index is 3.72. The van der Waals surface area contributed by atoms with Gasteiger partial charge in [0.2, 0.25) is 0 Å². The van der Waals surface area contributed by atoms with Crippen LogP contribution in [0.5, 0.6) is 0 Å². The summed E-state index contributed by atoms with van der Waals surface area (Å²) in [6.07, 6.45) is 6.98. The highest BCUT2D eigenvalue weighted by molar-refractivity contribution is 4.92. The predicted molar refractivity (Wildman–Crippen MR) is 69.7 cm³/mol. The number of nitrogens with zero attached hydrogens (tertiary/aromatic N) is 1. The lowest BCUT2D eigenvalue weighted by atomic mass is 10.0. The van der Waals surface area contributed by atoms with Gasteiger partial charge in [-0.3, -0.25) is 4.90 Å². The number of nitrogens with one attached hydrogen (secondary N) is 1. The van der Waals surface area contributed by atoms with Gasteiger partial charge in [-0.1, -0.05) is 20.8 Å². The Bertz CT molecular complexity index is 207. The minimum atomic E-state index is 0.757. The fraction of sp³-hybridized carbons (Fsp3) is 1.00. The Kier molecular flexibility index (Phi) is 4.26. The first-order valence-corrected chi connectivity index (χ1v) is 7.21. The van der Waals surface area contributed by atoms with Gasteiger partial charge in [-0.2, -0.15) is 0 Å². The summed E-state index contributed by atoms with van der Waals surface area (Å²) in [5, 5.41) is 3.72. The van der Waals surface area contributed by atoms with Crippen molar-refractivity contribution in [3.05, 3.63) is 0 Å². The van der Waals surface area contributed by atoms with Crippen LogP contribution in [0.4, 0.5) is 0 Å². The Morgan fingerprint density at radius 2 is 1.88 bits per heavy atom. The summed E-state index contributed by atoms with van der Waals surface area (Å²) in [7, 11) is 0. The third-order valence-corrected chi connectivity index (χ3v) is 3.89. The van der Waals surface area contributed by atoms with E-state index in [1.54, 1.807) is 0 Å². The van der Waals surface area contributed by atoms with Crippen molar-refractivity contribution in [1.29, 1.82) is 0 Å². The summed E-state index contributed by atoms with van der Waals surface area (Å²) < 4.78 is 0. The van der Waals surface area contributed by atoms with Crippen molar-refractivity contribution in [1.82, 2.24) is 10.2 Å². The second kappa shape index (κ2) is 5.50. The Morgan fingerprint density at radius 1 is 1.19 bits per heavy atom. The molecular weight excluding hydrogens is 196 g/mol. The van der Waals surface area contributed by atoms with Crippen molar-refractivity contribution in [2.45, 2.75) is 71.0 Å². The maximum absolute atomic E-state index is 3.72. The van der Waals surface area contributed by atoms with Crippen LogP contribution in [0.25, 0.3) is 0 Å². The first kappa shape index (κ1) is 12.4. The van der Waals surface area contributed by atoms with Gasteiger partial charge in [-0.15, -0.1) is 0 Å². The van der Waals surface area contributed by atoms with Gasteiger partial charge in [0, 0.05) is 24.7 Å².